The second kappa shape index (κ2) is 20.8. The normalized spacial score (nSPS) is 15.8. The van der Waals surface area contributed by atoms with Crippen LogP contribution in [-0.4, -0.2) is 14.1 Å². The fraction of sp³-hybridized carbons (Fsp3) is 0.154. The Kier molecular flexibility index (Phi) is 8.73. The van der Waals surface area contributed by atoms with Gasteiger partial charge in [-0.2, -0.15) is 18.2 Å². The van der Waals surface area contributed by atoms with Gasteiger partial charge in [0.2, 0.25) is 0 Å². The van der Waals surface area contributed by atoms with Gasteiger partial charge in [0.25, 0.3) is 6.33 Å². The van der Waals surface area contributed by atoms with Crippen molar-refractivity contribution in [1.82, 2.24) is 14.1 Å². The van der Waals surface area contributed by atoms with Gasteiger partial charge in [0, 0.05) is 44.3 Å². The van der Waals surface area contributed by atoms with Crippen molar-refractivity contribution in [3.05, 3.63) is 259 Å². The molecule has 14 rings (SSSR count). The number of ether oxygens (including phenoxy) is 1. The van der Waals surface area contributed by atoms with Gasteiger partial charge < -0.3 is 13.9 Å². The van der Waals surface area contributed by atoms with E-state index in [1.165, 1.54) is 12.1 Å². The van der Waals surface area contributed by atoms with Crippen LogP contribution in [0.2, 0.25) is 0 Å². The standard InChI is InChI=1S/C78H64N4O.Pt/c1-76(2,3)56-37-38-79-73(46-56)82-70-34-21-20-33-65(70)66-36-35-60(48-71(66)82)83-59-28-22-27-58(47-59)80-49-81-74-68(44-57(77(4,5)6)45-69(74)78(7,8)9)64-32-19-17-30-62(64)61-29-16-18-31-63(61)67-42-55(43-72(80)75(67)81)54-40-52(50-23-12-10-13-24-50)39-53(41-54)51-25-14-11-15-26-51;/h10-46H,1-9H3;/q-2;/i10D,11D,12D,13D,14D,15D,16D,17D,18D,19D,23D,24D,25D,26D,29D,30D,31D,32D,39D,40D,41D;. The van der Waals surface area contributed by atoms with E-state index in [0.29, 0.717) is 22.6 Å². The molecule has 3 aromatic heterocycles. The van der Waals surface area contributed by atoms with Crippen molar-refractivity contribution < 1.29 is 59.2 Å². The van der Waals surface area contributed by atoms with Crippen molar-refractivity contribution in [2.75, 3.05) is 0 Å². The van der Waals surface area contributed by atoms with E-state index in [0.717, 1.165) is 27.4 Å². The Hall–Kier alpha value is -8.89. The molecule has 0 amide bonds. The molecule has 10 aromatic carbocycles. The van der Waals surface area contributed by atoms with E-state index in [2.05, 4.69) is 39.2 Å². The maximum absolute atomic E-state index is 10.4. The fourth-order valence-corrected chi connectivity index (χ4v) is 10.9. The minimum Gasteiger partial charge on any atom is -0.510 e. The third kappa shape index (κ3) is 9.59. The first kappa shape index (κ1) is 35.3. The Bertz CT molecular complexity index is 5850. The SMILES string of the molecule is [2H]c1c([2H])c([2H])c(-c2c([2H])c(-c3cc4c5c(c3)n(-c3[c-]c(Oc6[c-]c7c(cc6)c6ccccc6n7-c6cc(C(C)(C)C)ccn6)ccc3)[c-][n+]5-c3c(cc(C(C)(C)C)cc3C(C)(C)C)-c3c([2H])c([2H])c([2H])c([2H])c3-c3c([2H])c([2H])c([2H])c([2H])c3-4)c([2H])c(-c3c([2H])c([2H])c([2H])c([2H])c3[2H])c2[2H])c([2H])c1[2H].[Pt]. The van der Waals surface area contributed by atoms with E-state index in [1.807, 2.05) is 101 Å². The average molecular weight is 1290 g/mol. The first-order chi connectivity index (χ1) is 48.8. The second-order valence-electron chi connectivity index (χ2n) is 23.7. The van der Waals surface area contributed by atoms with Gasteiger partial charge in [-0.3, -0.25) is 4.57 Å². The van der Waals surface area contributed by atoms with E-state index < -0.39 is 166 Å². The molecule has 414 valence electrons. The van der Waals surface area contributed by atoms with Crippen LogP contribution in [0.5, 0.6) is 11.5 Å². The molecule has 0 spiro atoms. The van der Waals surface area contributed by atoms with E-state index in [9.17, 15) is 20.6 Å². The van der Waals surface area contributed by atoms with Gasteiger partial charge in [0.15, 0.2) is 0 Å². The smallest absolute Gasteiger partial charge is 0.268 e. The summed E-state index contributed by atoms with van der Waals surface area (Å²) in [7, 11) is 0. The number of rotatable bonds is 7. The maximum atomic E-state index is 10.4. The predicted molar refractivity (Wildman–Crippen MR) is 342 cm³/mol. The molecular weight excluding hydrogens is 1200 g/mol. The molecule has 0 fully saturated rings. The molecule has 1 aliphatic heterocycles. The zero-order valence-electron chi connectivity index (χ0n) is 68.3. The van der Waals surface area contributed by atoms with Gasteiger partial charge >= 0.3 is 0 Å². The van der Waals surface area contributed by atoms with Crippen molar-refractivity contribution in [1.29, 1.82) is 0 Å². The molecule has 5 nitrogen and oxygen atoms in total. The number of benzene rings is 10. The van der Waals surface area contributed by atoms with E-state index in [4.69, 9.17) is 17.9 Å². The number of para-hydroxylation sites is 1. The summed E-state index contributed by atoms with van der Waals surface area (Å²) in [6, 6.07) is 17.5. The summed E-state index contributed by atoms with van der Waals surface area (Å²) in [5.41, 5.74) is -1.82. The summed E-state index contributed by atoms with van der Waals surface area (Å²) in [6.07, 6.45) is 5.36. The van der Waals surface area contributed by atoms with Crippen molar-refractivity contribution in [3.8, 4) is 95.5 Å². The maximum Gasteiger partial charge on any atom is 0.268 e. The Balaban J connectivity index is 0.00000978. The number of hydrogen-bond donors (Lipinski definition) is 0. The topological polar surface area (TPSA) is 35.9 Å². The summed E-state index contributed by atoms with van der Waals surface area (Å²) in [4.78, 5) is 4.84. The third-order valence-electron chi connectivity index (χ3n) is 15.1. The van der Waals surface area contributed by atoms with Crippen molar-refractivity contribution in [2.24, 2.45) is 0 Å². The summed E-state index contributed by atoms with van der Waals surface area (Å²) in [5, 5.41) is 1.81. The van der Waals surface area contributed by atoms with Gasteiger partial charge in [-0.25, -0.2) is 4.98 Å². The molecular formula is C78H64N4OPt-2. The molecule has 84 heavy (non-hydrogen) atoms. The minimum atomic E-state index is -0.913. The van der Waals surface area contributed by atoms with Crippen LogP contribution in [-0.2, 0) is 37.3 Å². The predicted octanol–water partition coefficient (Wildman–Crippen LogP) is 19.8. The fourth-order valence-electron chi connectivity index (χ4n) is 10.9. The first-order valence-electron chi connectivity index (χ1n) is 37.6. The summed E-state index contributed by atoms with van der Waals surface area (Å²) >= 11 is 0. The quantitative estimate of drug-likeness (QED) is 0.118. The molecule has 0 saturated heterocycles. The monoisotopic (exact) mass is 1290 g/mol. The minimum absolute atomic E-state index is 0. The zero-order valence-corrected chi connectivity index (χ0v) is 49.5. The molecule has 0 saturated carbocycles. The van der Waals surface area contributed by atoms with Crippen LogP contribution in [0.25, 0.3) is 117 Å². The largest absolute Gasteiger partial charge is 0.510 e. The molecule has 0 aliphatic carbocycles. The van der Waals surface area contributed by atoms with Crippen LogP contribution >= 0.6 is 0 Å². The molecule has 13 aromatic rings. The third-order valence-corrected chi connectivity index (χ3v) is 15.1. The number of nitrogens with zero attached hydrogens (tertiary/aromatic N) is 4. The molecule has 6 heteroatoms. The molecule has 1 aliphatic rings. The molecule has 0 radical (unpaired) electrons. The van der Waals surface area contributed by atoms with Gasteiger partial charge in [0.1, 0.15) is 5.82 Å². The van der Waals surface area contributed by atoms with Gasteiger partial charge in [-0.15, -0.1) is 29.7 Å². The Labute approximate surface area is 537 Å². The molecule has 0 atom stereocenters. The number of imidazole rings is 1. The van der Waals surface area contributed by atoms with Crippen LogP contribution in [0.4, 0.5) is 0 Å². The van der Waals surface area contributed by atoms with Crippen LogP contribution in [0.15, 0.2) is 224 Å². The Morgan fingerprint density at radius 1 is 0.476 bits per heavy atom. The zero-order chi connectivity index (χ0) is 75.2. The van der Waals surface area contributed by atoms with Crippen molar-refractivity contribution >= 4 is 32.8 Å². The molecule has 0 unspecified atom stereocenters. The summed E-state index contributed by atoms with van der Waals surface area (Å²) in [5.74, 6) is 1.06. The van der Waals surface area contributed by atoms with Crippen molar-refractivity contribution in [3.63, 3.8) is 0 Å². The summed E-state index contributed by atoms with van der Waals surface area (Å²) < 4.78 is 210. The number of hydrogen-bond acceptors (Lipinski definition) is 2. The van der Waals surface area contributed by atoms with Gasteiger partial charge in [-0.1, -0.05) is 213 Å². The van der Waals surface area contributed by atoms with E-state index in [1.54, 1.807) is 39.6 Å². The molecule has 0 bridgehead atoms. The number of fused-ring (bicyclic) bond motifs is 10. The number of aromatic nitrogens is 4. The average Bonchev–Trinajstić information content (AvgIpc) is 1.61. The van der Waals surface area contributed by atoms with Gasteiger partial charge in [-0.05, 0) is 153 Å². The summed E-state index contributed by atoms with van der Waals surface area (Å²) in [6.45, 7) is 18.2. The number of pyridine rings is 1. The molecule has 4 heterocycles. The van der Waals surface area contributed by atoms with Crippen LogP contribution in [0.3, 0.4) is 0 Å². The van der Waals surface area contributed by atoms with E-state index >= 15 is 0 Å². The van der Waals surface area contributed by atoms with Crippen LogP contribution in [0, 0.1) is 18.5 Å². The second-order valence-corrected chi connectivity index (χ2v) is 23.7. The van der Waals surface area contributed by atoms with Crippen molar-refractivity contribution in [2.45, 2.75) is 78.6 Å². The van der Waals surface area contributed by atoms with Crippen LogP contribution < -0.4 is 9.30 Å². The molecule has 0 N–H and O–H groups in total. The van der Waals surface area contributed by atoms with Gasteiger partial charge in [0.05, 0.1) is 45.5 Å². The van der Waals surface area contributed by atoms with E-state index in [-0.39, 0.29) is 93.6 Å². The Morgan fingerprint density at radius 2 is 1.06 bits per heavy atom. The van der Waals surface area contributed by atoms with Crippen LogP contribution in [0.1, 0.15) is 108 Å². The first-order valence-corrected chi connectivity index (χ1v) is 27.1. The Morgan fingerprint density at radius 3 is 1.69 bits per heavy atom.